The van der Waals surface area contributed by atoms with E-state index in [9.17, 15) is 19.5 Å². The Balaban J connectivity index is 1.74. The van der Waals surface area contributed by atoms with Crippen LogP contribution in [0, 0.1) is 0 Å². The molecule has 0 aliphatic heterocycles. The Labute approximate surface area is 194 Å². The number of hydrogen-bond donors (Lipinski definition) is 2. The summed E-state index contributed by atoms with van der Waals surface area (Å²) in [5.41, 5.74) is 3.21. The van der Waals surface area contributed by atoms with E-state index in [0.717, 1.165) is 23.1 Å². The predicted octanol–water partition coefficient (Wildman–Crippen LogP) is 3.13. The molecule has 0 aromatic heterocycles. The van der Waals surface area contributed by atoms with E-state index in [0.29, 0.717) is 19.3 Å². The second kappa shape index (κ2) is 11.6. The number of carbonyl (C=O) groups excluding carboxylic acids is 2. The van der Waals surface area contributed by atoms with Crippen molar-refractivity contribution in [2.75, 3.05) is 13.2 Å². The topological polar surface area (TPSA) is 95.9 Å². The summed E-state index contributed by atoms with van der Waals surface area (Å²) in [6, 6.07) is 15.9. The Morgan fingerprint density at radius 3 is 2.52 bits per heavy atom. The van der Waals surface area contributed by atoms with Gasteiger partial charge < -0.3 is 14.7 Å². The fraction of sp³-hybridized carbons (Fsp3) is 0.423. The molecule has 3 rings (SSSR count). The van der Waals surface area contributed by atoms with Gasteiger partial charge in [0.2, 0.25) is 5.91 Å². The maximum atomic E-state index is 13.4. The lowest BCUT2D eigenvalue weighted by Gasteiger charge is -2.32. The van der Waals surface area contributed by atoms with Gasteiger partial charge >= 0.3 is 11.9 Å². The molecule has 3 atom stereocenters. The monoisotopic (exact) mass is 452 g/mol. The quantitative estimate of drug-likeness (QED) is 0.509. The number of ether oxygens (including phenoxy) is 1. The number of hydrogen-bond acceptors (Lipinski definition) is 5. The van der Waals surface area contributed by atoms with Gasteiger partial charge in [-0.05, 0) is 56.2 Å². The highest BCUT2D eigenvalue weighted by atomic mass is 16.5. The van der Waals surface area contributed by atoms with Gasteiger partial charge in [0.1, 0.15) is 12.6 Å². The summed E-state index contributed by atoms with van der Waals surface area (Å²) in [7, 11) is 0. The number of nitrogens with zero attached hydrogens (tertiary/aromatic N) is 1. The number of aliphatic carboxylic acids is 1. The molecule has 0 saturated carbocycles. The van der Waals surface area contributed by atoms with Gasteiger partial charge in [0.05, 0.1) is 18.7 Å². The van der Waals surface area contributed by atoms with Gasteiger partial charge in [-0.1, -0.05) is 54.6 Å². The van der Waals surface area contributed by atoms with Crippen LogP contribution in [0.15, 0.2) is 54.6 Å². The number of carbonyl (C=O) groups is 3. The number of esters is 1. The maximum absolute atomic E-state index is 13.4. The molecule has 1 aliphatic carbocycles. The molecule has 0 heterocycles. The van der Waals surface area contributed by atoms with Gasteiger partial charge in [-0.25, -0.2) is 0 Å². The third kappa shape index (κ3) is 6.42. The fourth-order valence-corrected chi connectivity index (χ4v) is 4.44. The van der Waals surface area contributed by atoms with Crippen LogP contribution in [0.5, 0.6) is 0 Å². The minimum Gasteiger partial charge on any atom is -0.480 e. The summed E-state index contributed by atoms with van der Waals surface area (Å²) in [4.78, 5) is 39.0. The first-order valence-electron chi connectivity index (χ1n) is 11.5. The van der Waals surface area contributed by atoms with Gasteiger partial charge in [-0.3, -0.25) is 19.7 Å². The average Bonchev–Trinajstić information content (AvgIpc) is 3.24. The largest absolute Gasteiger partial charge is 0.480 e. The summed E-state index contributed by atoms with van der Waals surface area (Å²) in [5.74, 6) is -1.82. The van der Waals surface area contributed by atoms with Crippen molar-refractivity contribution in [2.45, 2.75) is 57.7 Å². The smallest absolute Gasteiger partial charge is 0.323 e. The fourth-order valence-electron chi connectivity index (χ4n) is 4.44. The number of carboxylic acid groups (broad SMARTS) is 1. The molecule has 0 radical (unpaired) electrons. The second-order valence-corrected chi connectivity index (χ2v) is 8.33. The van der Waals surface area contributed by atoms with Crippen molar-refractivity contribution in [2.24, 2.45) is 0 Å². The zero-order valence-electron chi connectivity index (χ0n) is 19.2. The summed E-state index contributed by atoms with van der Waals surface area (Å²) >= 11 is 0. The van der Waals surface area contributed by atoms with Crippen LogP contribution < -0.4 is 5.32 Å². The zero-order valence-corrected chi connectivity index (χ0v) is 19.2. The molecule has 176 valence electrons. The summed E-state index contributed by atoms with van der Waals surface area (Å²) in [6.45, 7) is 3.27. The van der Waals surface area contributed by atoms with Crippen LogP contribution in [0.2, 0.25) is 0 Å². The molecule has 1 aliphatic rings. The van der Waals surface area contributed by atoms with Gasteiger partial charge in [-0.15, -0.1) is 0 Å². The Kier molecular flexibility index (Phi) is 8.60. The lowest BCUT2D eigenvalue weighted by atomic mass is 10.0. The molecule has 2 aromatic carbocycles. The number of aryl methyl sites for hydroxylation is 2. The molecule has 2 aromatic rings. The molecule has 7 nitrogen and oxygen atoms in total. The first-order chi connectivity index (χ1) is 15.9. The van der Waals surface area contributed by atoms with E-state index >= 15 is 0 Å². The van der Waals surface area contributed by atoms with E-state index in [1.807, 2.05) is 54.6 Å². The lowest BCUT2D eigenvalue weighted by Crippen LogP contribution is -2.52. The second-order valence-electron chi connectivity index (χ2n) is 8.33. The third-order valence-electron chi connectivity index (χ3n) is 6.02. The van der Waals surface area contributed by atoms with Crippen molar-refractivity contribution in [1.29, 1.82) is 0 Å². The Hall–Kier alpha value is -3.19. The van der Waals surface area contributed by atoms with E-state index < -0.39 is 30.6 Å². The molecular formula is C26H32N2O5. The normalized spacial score (nSPS) is 16.5. The van der Waals surface area contributed by atoms with Crippen LogP contribution in [0.25, 0.3) is 0 Å². The van der Waals surface area contributed by atoms with Crippen molar-refractivity contribution in [3.05, 3.63) is 71.3 Å². The Morgan fingerprint density at radius 2 is 1.82 bits per heavy atom. The minimum atomic E-state index is -1.06. The molecule has 33 heavy (non-hydrogen) atoms. The lowest BCUT2D eigenvalue weighted by molar-refractivity contribution is -0.149. The Bertz CT molecular complexity index is 962. The van der Waals surface area contributed by atoms with Crippen LogP contribution in [0.3, 0.4) is 0 Å². The molecule has 2 N–H and O–H groups in total. The zero-order chi connectivity index (χ0) is 23.8. The predicted molar refractivity (Wildman–Crippen MR) is 125 cm³/mol. The Morgan fingerprint density at radius 1 is 1.12 bits per heavy atom. The highest BCUT2D eigenvalue weighted by Gasteiger charge is 2.35. The molecule has 0 bridgehead atoms. The maximum Gasteiger partial charge on any atom is 0.323 e. The third-order valence-corrected chi connectivity index (χ3v) is 6.02. The molecule has 0 spiro atoms. The van der Waals surface area contributed by atoms with Crippen LogP contribution in [0.1, 0.15) is 49.4 Å². The standard InChI is InChI=1S/C26H32N2O5/c1-3-33-26(32)22(15-13-19-9-5-4-6-10-19)27-18(2)25(31)28(17-24(29)30)23-16-14-20-11-7-8-12-21(20)23/h4-12,18,22-23,27H,3,13-17H2,1-2H3,(H,29,30)/t18-,22?,23?/m0/s1. The molecular weight excluding hydrogens is 420 g/mol. The summed E-state index contributed by atoms with van der Waals surface area (Å²) in [5, 5.41) is 12.6. The van der Waals surface area contributed by atoms with Gasteiger partial charge in [0.25, 0.3) is 0 Å². The van der Waals surface area contributed by atoms with Crippen LogP contribution in [-0.4, -0.2) is 53.1 Å². The van der Waals surface area contributed by atoms with E-state index in [1.165, 1.54) is 4.90 Å². The van der Waals surface area contributed by atoms with E-state index in [2.05, 4.69) is 5.32 Å². The number of fused-ring (bicyclic) bond motifs is 1. The van der Waals surface area contributed by atoms with Crippen molar-refractivity contribution >= 4 is 17.8 Å². The van der Waals surface area contributed by atoms with E-state index in [-0.39, 0.29) is 18.6 Å². The number of carboxylic acids is 1. The van der Waals surface area contributed by atoms with Gasteiger partial charge in [0.15, 0.2) is 0 Å². The molecule has 1 amide bonds. The van der Waals surface area contributed by atoms with Crippen molar-refractivity contribution < 1.29 is 24.2 Å². The van der Waals surface area contributed by atoms with Crippen molar-refractivity contribution in [3.8, 4) is 0 Å². The first kappa shape index (κ1) is 24.5. The first-order valence-corrected chi connectivity index (χ1v) is 11.5. The number of rotatable bonds is 11. The van der Waals surface area contributed by atoms with Gasteiger partial charge in [-0.2, -0.15) is 0 Å². The SMILES string of the molecule is CCOC(=O)C(CCc1ccccc1)N[C@@H](C)C(=O)N(CC(=O)O)C1CCc2ccccc21. The number of benzene rings is 2. The average molecular weight is 453 g/mol. The van der Waals surface area contributed by atoms with E-state index in [4.69, 9.17) is 4.74 Å². The highest BCUT2D eigenvalue weighted by Crippen LogP contribution is 2.35. The van der Waals surface area contributed by atoms with Crippen LogP contribution in [0.4, 0.5) is 0 Å². The van der Waals surface area contributed by atoms with E-state index in [1.54, 1.807) is 13.8 Å². The summed E-state index contributed by atoms with van der Waals surface area (Å²) in [6.07, 6.45) is 2.59. The minimum absolute atomic E-state index is 0.245. The molecule has 7 heteroatoms. The van der Waals surface area contributed by atoms with Crippen molar-refractivity contribution in [1.82, 2.24) is 10.2 Å². The van der Waals surface area contributed by atoms with Gasteiger partial charge in [0, 0.05) is 0 Å². The van der Waals surface area contributed by atoms with Crippen LogP contribution >= 0.6 is 0 Å². The molecule has 0 saturated heterocycles. The summed E-state index contributed by atoms with van der Waals surface area (Å²) < 4.78 is 5.22. The number of nitrogens with one attached hydrogen (secondary N) is 1. The highest BCUT2D eigenvalue weighted by molar-refractivity contribution is 5.86. The molecule has 2 unspecified atom stereocenters. The van der Waals surface area contributed by atoms with Crippen molar-refractivity contribution in [3.63, 3.8) is 0 Å². The van der Waals surface area contributed by atoms with Crippen LogP contribution in [-0.2, 0) is 32.0 Å². The number of amides is 1. The molecule has 0 fully saturated rings.